The number of nitrogens with zero attached hydrogens (tertiary/aromatic N) is 2. The monoisotopic (exact) mass is 248 g/mol. The van der Waals surface area contributed by atoms with E-state index < -0.39 is 5.82 Å². The van der Waals surface area contributed by atoms with Crippen LogP contribution in [0.3, 0.4) is 0 Å². The predicted molar refractivity (Wildman–Crippen MR) is 73.1 cm³/mol. The minimum Gasteiger partial charge on any atom is -0.371 e. The summed E-state index contributed by atoms with van der Waals surface area (Å²) in [5, 5.41) is 8.73. The molecule has 1 aromatic carbocycles. The molecular weight excluding hydrogens is 227 g/mol. The largest absolute Gasteiger partial charge is 0.371 e. The van der Waals surface area contributed by atoms with Crippen LogP contribution >= 0.6 is 0 Å². The first-order valence-electron chi connectivity index (χ1n) is 6.67. The van der Waals surface area contributed by atoms with Crippen molar-refractivity contribution < 1.29 is 4.39 Å². The van der Waals surface area contributed by atoms with E-state index in [9.17, 15) is 4.39 Å². The normalized spacial score (nSPS) is 10.1. The predicted octanol–water partition coefficient (Wildman–Crippen LogP) is 4.10. The lowest BCUT2D eigenvalue weighted by molar-refractivity contribution is 0.620. The standard InChI is InChI=1S/C15H21FN2/c1-3-5-9-18(10-6-4-2)14-8-7-13(12-17)15(16)11-14/h7-8,11H,3-6,9-10H2,1-2H3. The summed E-state index contributed by atoms with van der Waals surface area (Å²) in [6, 6.07) is 6.74. The van der Waals surface area contributed by atoms with Gasteiger partial charge in [0, 0.05) is 18.8 Å². The fourth-order valence-corrected chi connectivity index (χ4v) is 1.86. The maximum Gasteiger partial charge on any atom is 0.143 e. The van der Waals surface area contributed by atoms with Crippen LogP contribution in [0, 0.1) is 17.1 Å². The number of benzene rings is 1. The summed E-state index contributed by atoms with van der Waals surface area (Å²) in [5.41, 5.74) is 0.998. The van der Waals surface area contributed by atoms with Gasteiger partial charge in [-0.2, -0.15) is 5.26 Å². The van der Waals surface area contributed by atoms with Gasteiger partial charge in [0.05, 0.1) is 5.56 Å². The van der Waals surface area contributed by atoms with Crippen molar-refractivity contribution in [3.8, 4) is 6.07 Å². The van der Waals surface area contributed by atoms with Crippen LogP contribution in [-0.2, 0) is 0 Å². The molecule has 2 nitrogen and oxygen atoms in total. The van der Waals surface area contributed by atoms with E-state index in [1.54, 1.807) is 6.07 Å². The van der Waals surface area contributed by atoms with Gasteiger partial charge in [0.15, 0.2) is 0 Å². The highest BCUT2D eigenvalue weighted by Gasteiger charge is 2.09. The zero-order chi connectivity index (χ0) is 13.4. The van der Waals surface area contributed by atoms with Crippen LogP contribution in [-0.4, -0.2) is 13.1 Å². The lowest BCUT2D eigenvalue weighted by atomic mass is 10.1. The van der Waals surface area contributed by atoms with Crippen molar-refractivity contribution in [3.63, 3.8) is 0 Å². The van der Waals surface area contributed by atoms with Gasteiger partial charge in [0.2, 0.25) is 0 Å². The summed E-state index contributed by atoms with van der Waals surface area (Å²) in [4.78, 5) is 2.21. The molecule has 0 aliphatic heterocycles. The van der Waals surface area contributed by atoms with Crippen molar-refractivity contribution in [2.24, 2.45) is 0 Å². The van der Waals surface area contributed by atoms with Crippen molar-refractivity contribution in [2.75, 3.05) is 18.0 Å². The van der Waals surface area contributed by atoms with Crippen LogP contribution in [0.5, 0.6) is 0 Å². The third kappa shape index (κ3) is 4.03. The van der Waals surface area contributed by atoms with E-state index in [4.69, 9.17) is 5.26 Å². The Morgan fingerprint density at radius 2 is 1.78 bits per heavy atom. The minimum atomic E-state index is -0.423. The zero-order valence-electron chi connectivity index (χ0n) is 11.2. The number of hydrogen-bond donors (Lipinski definition) is 0. The molecule has 98 valence electrons. The quantitative estimate of drug-likeness (QED) is 0.726. The van der Waals surface area contributed by atoms with Crippen molar-refractivity contribution >= 4 is 5.69 Å². The average Bonchev–Trinajstić information content (AvgIpc) is 2.39. The Morgan fingerprint density at radius 3 is 2.22 bits per heavy atom. The molecule has 0 bridgehead atoms. The number of halogens is 1. The fourth-order valence-electron chi connectivity index (χ4n) is 1.86. The summed E-state index contributed by atoms with van der Waals surface area (Å²) in [5.74, 6) is -0.423. The van der Waals surface area contributed by atoms with Crippen molar-refractivity contribution in [1.29, 1.82) is 5.26 Å². The van der Waals surface area contributed by atoms with E-state index in [-0.39, 0.29) is 5.56 Å². The smallest absolute Gasteiger partial charge is 0.143 e. The molecule has 0 N–H and O–H groups in total. The highest BCUT2D eigenvalue weighted by molar-refractivity contribution is 5.50. The van der Waals surface area contributed by atoms with Crippen molar-refractivity contribution in [1.82, 2.24) is 0 Å². The maximum atomic E-state index is 13.6. The Morgan fingerprint density at radius 1 is 1.17 bits per heavy atom. The molecule has 0 aromatic heterocycles. The summed E-state index contributed by atoms with van der Waals surface area (Å²) in [7, 11) is 0. The molecule has 0 fully saturated rings. The molecule has 0 heterocycles. The summed E-state index contributed by atoms with van der Waals surface area (Å²) >= 11 is 0. The highest BCUT2D eigenvalue weighted by atomic mass is 19.1. The van der Waals surface area contributed by atoms with Crippen molar-refractivity contribution in [2.45, 2.75) is 39.5 Å². The molecule has 0 atom stereocenters. The summed E-state index contributed by atoms with van der Waals surface area (Å²) in [6.07, 6.45) is 4.46. The molecule has 3 heteroatoms. The fraction of sp³-hybridized carbons (Fsp3) is 0.533. The zero-order valence-corrected chi connectivity index (χ0v) is 11.2. The summed E-state index contributed by atoms with van der Waals surface area (Å²) in [6.45, 7) is 6.19. The number of nitriles is 1. The van der Waals surface area contributed by atoms with Crippen molar-refractivity contribution in [3.05, 3.63) is 29.6 Å². The van der Waals surface area contributed by atoms with Gasteiger partial charge < -0.3 is 4.90 Å². The Bertz CT molecular complexity index is 401. The van der Waals surface area contributed by atoms with Crippen LogP contribution in [0.2, 0.25) is 0 Å². The van der Waals surface area contributed by atoms with Gasteiger partial charge in [-0.1, -0.05) is 26.7 Å². The Hall–Kier alpha value is -1.56. The molecule has 0 aliphatic carbocycles. The van der Waals surface area contributed by atoms with Gasteiger partial charge in [-0.05, 0) is 31.0 Å². The average molecular weight is 248 g/mol. The third-order valence-corrected chi connectivity index (χ3v) is 3.00. The van der Waals surface area contributed by atoms with Crippen LogP contribution in [0.4, 0.5) is 10.1 Å². The Labute approximate surface area is 109 Å². The molecule has 0 saturated carbocycles. The van der Waals surface area contributed by atoms with Gasteiger partial charge in [0.25, 0.3) is 0 Å². The topological polar surface area (TPSA) is 27.0 Å². The Kier molecular flexibility index (Phi) is 6.21. The van der Waals surface area contributed by atoms with Gasteiger partial charge in [-0.25, -0.2) is 4.39 Å². The van der Waals surface area contributed by atoms with E-state index in [2.05, 4.69) is 18.7 Å². The van der Waals surface area contributed by atoms with Gasteiger partial charge in [-0.3, -0.25) is 0 Å². The van der Waals surface area contributed by atoms with Crippen LogP contribution in [0.1, 0.15) is 45.1 Å². The van der Waals surface area contributed by atoms with E-state index in [1.165, 1.54) is 6.07 Å². The van der Waals surface area contributed by atoms with E-state index in [0.29, 0.717) is 0 Å². The van der Waals surface area contributed by atoms with Crippen LogP contribution < -0.4 is 4.90 Å². The van der Waals surface area contributed by atoms with E-state index in [1.807, 2.05) is 12.1 Å². The molecule has 18 heavy (non-hydrogen) atoms. The molecule has 0 radical (unpaired) electrons. The van der Waals surface area contributed by atoms with Crippen LogP contribution in [0.15, 0.2) is 18.2 Å². The number of anilines is 1. The Balaban J connectivity index is 2.83. The highest BCUT2D eigenvalue weighted by Crippen LogP contribution is 2.19. The first-order chi connectivity index (χ1) is 8.72. The maximum absolute atomic E-state index is 13.6. The molecular formula is C15H21FN2. The second-order valence-corrected chi connectivity index (χ2v) is 4.47. The second kappa shape index (κ2) is 7.71. The number of rotatable bonds is 7. The van der Waals surface area contributed by atoms with Gasteiger partial charge in [0.1, 0.15) is 11.9 Å². The van der Waals surface area contributed by atoms with Gasteiger partial charge in [-0.15, -0.1) is 0 Å². The molecule has 1 rings (SSSR count). The molecule has 1 aromatic rings. The number of hydrogen-bond acceptors (Lipinski definition) is 2. The molecule has 0 amide bonds. The number of unbranched alkanes of at least 4 members (excludes halogenated alkanes) is 2. The first-order valence-corrected chi connectivity index (χ1v) is 6.67. The minimum absolute atomic E-state index is 0.115. The lowest BCUT2D eigenvalue weighted by Gasteiger charge is -2.24. The molecule has 0 aliphatic rings. The molecule has 0 spiro atoms. The molecule has 0 saturated heterocycles. The van der Waals surface area contributed by atoms with E-state index in [0.717, 1.165) is 44.5 Å². The first kappa shape index (κ1) is 14.5. The second-order valence-electron chi connectivity index (χ2n) is 4.47. The van der Waals surface area contributed by atoms with E-state index >= 15 is 0 Å². The lowest BCUT2D eigenvalue weighted by Crippen LogP contribution is -2.25. The SMILES string of the molecule is CCCCN(CCCC)c1ccc(C#N)c(F)c1. The third-order valence-electron chi connectivity index (χ3n) is 3.00. The van der Waals surface area contributed by atoms with Gasteiger partial charge >= 0.3 is 0 Å². The summed E-state index contributed by atoms with van der Waals surface area (Å²) < 4.78 is 13.6. The molecule has 0 unspecified atom stereocenters. The van der Waals surface area contributed by atoms with Crippen LogP contribution in [0.25, 0.3) is 0 Å².